The van der Waals surface area contributed by atoms with Crippen LogP contribution in [0, 0.1) is 11.3 Å². The van der Waals surface area contributed by atoms with Crippen LogP contribution in [-0.4, -0.2) is 38.9 Å². The summed E-state index contributed by atoms with van der Waals surface area (Å²) < 4.78 is 5.46. The van der Waals surface area contributed by atoms with Gasteiger partial charge < -0.3 is 15.4 Å². The molecule has 1 aliphatic heterocycles. The van der Waals surface area contributed by atoms with Crippen molar-refractivity contribution in [1.29, 1.82) is 0 Å². The highest BCUT2D eigenvalue weighted by Gasteiger charge is 2.45. The summed E-state index contributed by atoms with van der Waals surface area (Å²) in [4.78, 5) is 0. The van der Waals surface area contributed by atoms with Gasteiger partial charge >= 0.3 is 0 Å². The van der Waals surface area contributed by atoms with Gasteiger partial charge in [-0.1, -0.05) is 13.8 Å². The molecule has 0 aromatic rings. The van der Waals surface area contributed by atoms with Gasteiger partial charge in [0, 0.05) is 24.5 Å². The fourth-order valence-corrected chi connectivity index (χ4v) is 2.23. The number of rotatable bonds is 4. The van der Waals surface area contributed by atoms with Crippen molar-refractivity contribution >= 4 is 0 Å². The first kappa shape index (κ1) is 10.4. The highest BCUT2D eigenvalue weighted by Crippen LogP contribution is 2.44. The minimum Gasteiger partial charge on any atom is -0.379 e. The summed E-state index contributed by atoms with van der Waals surface area (Å²) >= 11 is 0. The lowest BCUT2D eigenvalue weighted by Gasteiger charge is -2.17. The van der Waals surface area contributed by atoms with Crippen LogP contribution in [-0.2, 0) is 4.74 Å². The van der Waals surface area contributed by atoms with E-state index in [4.69, 9.17) is 4.74 Å². The average Bonchev–Trinajstić information content (AvgIpc) is 2.62. The molecule has 3 atom stereocenters. The zero-order valence-corrected chi connectivity index (χ0v) is 9.47. The van der Waals surface area contributed by atoms with Gasteiger partial charge in [-0.3, -0.25) is 0 Å². The van der Waals surface area contributed by atoms with Crippen molar-refractivity contribution in [3.05, 3.63) is 0 Å². The molecule has 82 valence electrons. The Hall–Kier alpha value is -0.120. The minimum atomic E-state index is 0.536. The lowest BCUT2D eigenvalue weighted by atomic mass is 10.0. The zero-order chi connectivity index (χ0) is 10.2. The molecule has 1 saturated heterocycles. The fourth-order valence-electron chi connectivity index (χ4n) is 2.23. The molecule has 0 spiro atoms. The van der Waals surface area contributed by atoms with E-state index in [-0.39, 0.29) is 0 Å². The first-order chi connectivity index (χ1) is 6.63. The Labute approximate surface area is 86.6 Å². The largest absolute Gasteiger partial charge is 0.379 e. The van der Waals surface area contributed by atoms with Crippen LogP contribution < -0.4 is 10.6 Å². The maximum Gasteiger partial charge on any atom is 0.0623 e. The number of ether oxygens (including phenoxy) is 1. The maximum absolute atomic E-state index is 5.46. The first-order valence-corrected chi connectivity index (χ1v) is 5.62. The highest BCUT2D eigenvalue weighted by molar-refractivity contribution is 5.02. The van der Waals surface area contributed by atoms with Crippen molar-refractivity contribution in [3.63, 3.8) is 0 Å². The van der Waals surface area contributed by atoms with Gasteiger partial charge in [-0.25, -0.2) is 0 Å². The van der Waals surface area contributed by atoms with Crippen LogP contribution >= 0.6 is 0 Å². The van der Waals surface area contributed by atoms with Gasteiger partial charge in [0.15, 0.2) is 0 Å². The van der Waals surface area contributed by atoms with Crippen LogP contribution in [0.15, 0.2) is 0 Å². The van der Waals surface area contributed by atoms with E-state index in [2.05, 4.69) is 24.5 Å². The fraction of sp³-hybridized carbons (Fsp3) is 1.00. The lowest BCUT2D eigenvalue weighted by molar-refractivity contribution is 0.182. The summed E-state index contributed by atoms with van der Waals surface area (Å²) in [5.74, 6) is 0.649. The van der Waals surface area contributed by atoms with Gasteiger partial charge in [-0.15, -0.1) is 0 Å². The molecule has 1 heterocycles. The van der Waals surface area contributed by atoms with Crippen molar-refractivity contribution in [2.45, 2.75) is 32.4 Å². The smallest absolute Gasteiger partial charge is 0.0623 e. The van der Waals surface area contributed by atoms with Gasteiger partial charge in [-0.05, 0) is 18.9 Å². The summed E-state index contributed by atoms with van der Waals surface area (Å²) in [5.41, 5.74) is 0.536. The van der Waals surface area contributed by atoms with Crippen LogP contribution in [0.1, 0.15) is 20.3 Å². The van der Waals surface area contributed by atoms with Crippen LogP contribution in [0.2, 0.25) is 0 Å². The van der Waals surface area contributed by atoms with Gasteiger partial charge in [0.1, 0.15) is 0 Å². The second-order valence-corrected chi connectivity index (χ2v) is 5.35. The van der Waals surface area contributed by atoms with Gasteiger partial charge in [0.2, 0.25) is 0 Å². The van der Waals surface area contributed by atoms with Gasteiger partial charge in [-0.2, -0.15) is 0 Å². The molecule has 0 amide bonds. The molecule has 2 N–H and O–H groups in total. The van der Waals surface area contributed by atoms with E-state index < -0.39 is 0 Å². The maximum atomic E-state index is 5.46. The quantitative estimate of drug-likeness (QED) is 0.694. The third-order valence-corrected chi connectivity index (χ3v) is 3.71. The third kappa shape index (κ3) is 2.10. The summed E-state index contributed by atoms with van der Waals surface area (Å²) in [7, 11) is 2.02. The van der Waals surface area contributed by atoms with Crippen molar-refractivity contribution in [2.24, 2.45) is 11.3 Å². The van der Waals surface area contributed by atoms with Crippen molar-refractivity contribution in [3.8, 4) is 0 Å². The monoisotopic (exact) mass is 198 g/mol. The first-order valence-electron chi connectivity index (χ1n) is 5.62. The molecule has 0 radical (unpaired) electrons. The van der Waals surface area contributed by atoms with Gasteiger partial charge in [0.25, 0.3) is 0 Å². The third-order valence-electron chi connectivity index (χ3n) is 3.71. The summed E-state index contributed by atoms with van der Waals surface area (Å²) in [5, 5.41) is 6.95. The van der Waals surface area contributed by atoms with Crippen LogP contribution in [0.5, 0.6) is 0 Å². The number of nitrogens with one attached hydrogen (secondary N) is 2. The molecule has 0 bridgehead atoms. The molecule has 3 heteroatoms. The molecule has 2 aliphatic rings. The lowest BCUT2D eigenvalue weighted by Crippen LogP contribution is -2.39. The second kappa shape index (κ2) is 3.80. The van der Waals surface area contributed by atoms with E-state index in [0.29, 0.717) is 17.4 Å². The SMILES string of the molecule is CNC1COCC1CNC1CC1(C)C. The van der Waals surface area contributed by atoms with E-state index in [0.717, 1.165) is 25.8 Å². The van der Waals surface area contributed by atoms with E-state index >= 15 is 0 Å². The number of likely N-dealkylation sites (N-methyl/N-ethyl adjacent to an activating group) is 1. The van der Waals surface area contributed by atoms with Crippen LogP contribution in [0.3, 0.4) is 0 Å². The molecule has 3 nitrogen and oxygen atoms in total. The Bertz CT molecular complexity index is 205. The zero-order valence-electron chi connectivity index (χ0n) is 9.47. The molecule has 2 fully saturated rings. The molecule has 14 heavy (non-hydrogen) atoms. The van der Waals surface area contributed by atoms with Crippen molar-refractivity contribution in [2.75, 3.05) is 26.8 Å². The second-order valence-electron chi connectivity index (χ2n) is 5.35. The number of hydrogen-bond donors (Lipinski definition) is 2. The Morgan fingerprint density at radius 1 is 1.36 bits per heavy atom. The van der Waals surface area contributed by atoms with E-state index in [1.165, 1.54) is 6.42 Å². The molecule has 2 rings (SSSR count). The van der Waals surface area contributed by atoms with Gasteiger partial charge in [0.05, 0.1) is 13.2 Å². The van der Waals surface area contributed by atoms with E-state index in [1.807, 2.05) is 7.05 Å². The van der Waals surface area contributed by atoms with Crippen molar-refractivity contribution < 1.29 is 4.74 Å². The molecule has 0 aromatic heterocycles. The van der Waals surface area contributed by atoms with Crippen LogP contribution in [0.4, 0.5) is 0 Å². The molecular formula is C11H22N2O. The topological polar surface area (TPSA) is 33.3 Å². The predicted octanol–water partition coefficient (Wildman–Crippen LogP) is 0.609. The average molecular weight is 198 g/mol. The standard InChI is InChI=1S/C11H22N2O/c1-11(2)4-10(11)13-5-8-6-14-7-9(8)12-3/h8-10,12-13H,4-7H2,1-3H3. The molecule has 1 aliphatic carbocycles. The molecular weight excluding hydrogens is 176 g/mol. The summed E-state index contributed by atoms with van der Waals surface area (Å²) in [6, 6.07) is 1.28. The Morgan fingerprint density at radius 2 is 2.07 bits per heavy atom. The van der Waals surface area contributed by atoms with E-state index in [1.54, 1.807) is 0 Å². The Morgan fingerprint density at radius 3 is 2.64 bits per heavy atom. The van der Waals surface area contributed by atoms with E-state index in [9.17, 15) is 0 Å². The molecule has 3 unspecified atom stereocenters. The normalized spacial score (nSPS) is 40.1. The van der Waals surface area contributed by atoms with Crippen molar-refractivity contribution in [1.82, 2.24) is 10.6 Å². The predicted molar refractivity (Wildman–Crippen MR) is 57.3 cm³/mol. The Kier molecular flexibility index (Phi) is 2.82. The number of hydrogen-bond acceptors (Lipinski definition) is 3. The van der Waals surface area contributed by atoms with Crippen LogP contribution in [0.25, 0.3) is 0 Å². The minimum absolute atomic E-state index is 0.536. The highest BCUT2D eigenvalue weighted by atomic mass is 16.5. The molecule has 1 saturated carbocycles. The molecule has 0 aromatic carbocycles. The summed E-state index contributed by atoms with van der Waals surface area (Å²) in [6.07, 6.45) is 1.32. The summed E-state index contributed by atoms with van der Waals surface area (Å²) in [6.45, 7) is 7.53. The Balaban J connectivity index is 1.70.